The number of hydrogen-bond acceptors (Lipinski definition) is 8. The summed E-state index contributed by atoms with van der Waals surface area (Å²) in [6.45, 7) is 11.8. The third-order valence-corrected chi connectivity index (χ3v) is 10.6. The van der Waals surface area contributed by atoms with E-state index < -0.39 is 13.4 Å². The summed E-state index contributed by atoms with van der Waals surface area (Å²) < 4.78 is 38.1. The Balaban J connectivity index is 1.78. The van der Waals surface area contributed by atoms with Crippen LogP contribution in [0.4, 0.5) is 0 Å². The fourth-order valence-corrected chi connectivity index (χ4v) is 7.95. The fourth-order valence-electron chi connectivity index (χ4n) is 6.33. The minimum absolute atomic E-state index is 0.116. The van der Waals surface area contributed by atoms with Gasteiger partial charge in [0.05, 0.1) is 25.4 Å². The third kappa shape index (κ3) is 7.74. The van der Waals surface area contributed by atoms with Gasteiger partial charge < -0.3 is 34.5 Å². The van der Waals surface area contributed by atoms with Gasteiger partial charge in [-0.15, -0.1) is 0 Å². The van der Waals surface area contributed by atoms with Crippen LogP contribution >= 0.6 is 7.60 Å². The van der Waals surface area contributed by atoms with Crippen LogP contribution in [-0.2, 0) is 39.3 Å². The van der Waals surface area contributed by atoms with E-state index in [9.17, 15) is 14.8 Å². The van der Waals surface area contributed by atoms with Gasteiger partial charge in [-0.05, 0) is 104 Å². The molecule has 1 aliphatic carbocycles. The van der Waals surface area contributed by atoms with Gasteiger partial charge in [-0.1, -0.05) is 54.6 Å². The summed E-state index contributed by atoms with van der Waals surface area (Å²) in [5.41, 5.74) is 13.6. The Bertz CT molecular complexity index is 1690. The zero-order valence-electron chi connectivity index (χ0n) is 28.8. The molecule has 0 aliphatic heterocycles. The molecular weight excluding hydrogens is 625 g/mol. The standard InChI is InChI=1S/C39H48NO7P/c1-7-44-48(43,45-8-2)39(40)34-22-32-20-30-16-10-14-28(37(30)46-24(3)4)18-26-12-9-13-27(35(26)41)19-29-15-11-17-31(38(29)47-25(5)6)21-33(23-34)36(32)42/h9-17,22-25,39,41-42H,7-8,18-21,40H2,1-6H3/t39-/m1/s1. The first-order valence-electron chi connectivity index (χ1n) is 16.8. The molecule has 1 atom stereocenters. The van der Waals surface area contributed by atoms with Crippen LogP contribution in [0.2, 0.25) is 0 Å². The summed E-state index contributed by atoms with van der Waals surface area (Å²) in [4.78, 5) is 0. The Labute approximate surface area is 284 Å². The molecular formula is C39H48NO7P. The molecule has 8 nitrogen and oxygen atoms in total. The second kappa shape index (κ2) is 15.2. The average molecular weight is 674 g/mol. The van der Waals surface area contributed by atoms with Crippen LogP contribution in [0.1, 0.15) is 97.4 Å². The molecule has 5 rings (SSSR count). The van der Waals surface area contributed by atoms with Crippen molar-refractivity contribution in [3.8, 4) is 23.0 Å². The summed E-state index contributed by atoms with van der Waals surface area (Å²) in [6.07, 6.45) is 1.27. The first kappa shape index (κ1) is 35.5. The SMILES string of the molecule is CCOP(=O)(OCC)[C@@H](N)c1cc2c(O)c(c1)Cc1cccc(c1OC(C)C)Cc1cccc(c1O)Cc1cccc(c1OC(C)C)C2. The molecule has 0 saturated heterocycles. The summed E-state index contributed by atoms with van der Waals surface area (Å²) in [5.74, 6) is 0.690. The van der Waals surface area contributed by atoms with E-state index in [0.29, 0.717) is 53.9 Å². The number of benzene rings is 4. The van der Waals surface area contributed by atoms with Crippen molar-refractivity contribution in [1.82, 2.24) is 0 Å². The first-order valence-corrected chi connectivity index (χ1v) is 18.4. The molecule has 1 aliphatic rings. The van der Waals surface area contributed by atoms with Crippen LogP contribution in [0, 0.1) is 0 Å². The monoisotopic (exact) mass is 673 g/mol. The molecule has 8 bridgehead atoms. The molecule has 0 unspecified atom stereocenters. The molecule has 4 N–H and O–H groups in total. The predicted octanol–water partition coefficient (Wildman–Crippen LogP) is 8.57. The lowest BCUT2D eigenvalue weighted by Crippen LogP contribution is -2.16. The molecule has 0 heterocycles. The Kier molecular flexibility index (Phi) is 11.2. The van der Waals surface area contributed by atoms with E-state index in [1.807, 2.05) is 82.3 Å². The first-order chi connectivity index (χ1) is 22.9. The van der Waals surface area contributed by atoms with E-state index in [1.165, 1.54) is 0 Å². The number of ether oxygens (including phenoxy) is 2. The van der Waals surface area contributed by atoms with Crippen molar-refractivity contribution in [2.45, 2.75) is 85.2 Å². The molecule has 0 radical (unpaired) electrons. The van der Waals surface area contributed by atoms with Crippen molar-refractivity contribution in [3.63, 3.8) is 0 Å². The lowest BCUT2D eigenvalue weighted by atomic mass is 9.90. The van der Waals surface area contributed by atoms with Crippen LogP contribution in [0.3, 0.4) is 0 Å². The highest BCUT2D eigenvalue weighted by molar-refractivity contribution is 7.54. The fraction of sp³-hybridized carbons (Fsp3) is 0.385. The molecule has 4 aromatic rings. The molecule has 4 aromatic carbocycles. The number of phenols is 2. The third-order valence-electron chi connectivity index (χ3n) is 8.38. The molecule has 0 amide bonds. The van der Waals surface area contributed by atoms with Crippen molar-refractivity contribution >= 4 is 7.60 Å². The summed E-state index contributed by atoms with van der Waals surface area (Å²) >= 11 is 0. The van der Waals surface area contributed by atoms with Crippen LogP contribution < -0.4 is 15.2 Å². The normalized spacial score (nSPS) is 13.9. The number of fused-ring (bicyclic) bond motifs is 8. The number of rotatable bonds is 10. The second-order valence-electron chi connectivity index (χ2n) is 12.8. The number of aromatic hydroxyl groups is 2. The Morgan fingerprint density at radius 1 is 0.625 bits per heavy atom. The van der Waals surface area contributed by atoms with Crippen molar-refractivity contribution in [3.05, 3.63) is 117 Å². The van der Waals surface area contributed by atoms with Gasteiger partial charge in [-0.2, -0.15) is 0 Å². The number of para-hydroxylation sites is 3. The number of hydrogen-bond donors (Lipinski definition) is 3. The topological polar surface area (TPSA) is 120 Å². The minimum atomic E-state index is -3.74. The Morgan fingerprint density at radius 3 is 1.31 bits per heavy atom. The van der Waals surface area contributed by atoms with Gasteiger partial charge in [-0.3, -0.25) is 4.57 Å². The van der Waals surface area contributed by atoms with Crippen LogP contribution in [0.15, 0.2) is 66.7 Å². The van der Waals surface area contributed by atoms with Gasteiger partial charge in [0.2, 0.25) is 0 Å². The summed E-state index contributed by atoms with van der Waals surface area (Å²) in [7, 11) is -3.74. The predicted molar refractivity (Wildman–Crippen MR) is 190 cm³/mol. The van der Waals surface area contributed by atoms with Gasteiger partial charge in [-0.25, -0.2) is 0 Å². The van der Waals surface area contributed by atoms with Gasteiger partial charge in [0.15, 0.2) is 0 Å². The van der Waals surface area contributed by atoms with Crippen molar-refractivity contribution in [2.75, 3.05) is 13.2 Å². The van der Waals surface area contributed by atoms with Crippen LogP contribution in [0.5, 0.6) is 23.0 Å². The van der Waals surface area contributed by atoms with Crippen LogP contribution in [-0.4, -0.2) is 35.6 Å². The van der Waals surface area contributed by atoms with Gasteiger partial charge >= 0.3 is 7.60 Å². The highest BCUT2D eigenvalue weighted by atomic mass is 31.2. The lowest BCUT2D eigenvalue weighted by molar-refractivity contribution is 0.212. The molecule has 256 valence electrons. The summed E-state index contributed by atoms with van der Waals surface area (Å²) in [5, 5.41) is 23.5. The van der Waals surface area contributed by atoms with Crippen molar-refractivity contribution < 1.29 is 33.3 Å². The molecule has 9 heteroatoms. The van der Waals surface area contributed by atoms with Gasteiger partial charge in [0.25, 0.3) is 0 Å². The minimum Gasteiger partial charge on any atom is -0.507 e. The van der Waals surface area contributed by atoms with Crippen molar-refractivity contribution in [1.29, 1.82) is 0 Å². The highest BCUT2D eigenvalue weighted by Crippen LogP contribution is 2.58. The molecule has 48 heavy (non-hydrogen) atoms. The van der Waals surface area contributed by atoms with Crippen molar-refractivity contribution in [2.24, 2.45) is 5.73 Å². The smallest absolute Gasteiger partial charge is 0.351 e. The quantitative estimate of drug-likeness (QED) is 0.126. The van der Waals surface area contributed by atoms with E-state index in [-0.39, 0.29) is 36.9 Å². The largest absolute Gasteiger partial charge is 0.507 e. The molecule has 0 spiro atoms. The van der Waals surface area contributed by atoms with Gasteiger partial charge in [0, 0.05) is 25.7 Å². The second-order valence-corrected chi connectivity index (χ2v) is 14.9. The number of nitrogens with two attached hydrogens (primary N) is 1. The van der Waals surface area contributed by atoms with E-state index in [0.717, 1.165) is 33.4 Å². The maximum Gasteiger partial charge on any atom is 0.351 e. The van der Waals surface area contributed by atoms with E-state index in [4.69, 9.17) is 24.3 Å². The van der Waals surface area contributed by atoms with Gasteiger partial charge in [0.1, 0.15) is 28.8 Å². The maximum atomic E-state index is 13.9. The average Bonchev–Trinajstić information content (AvgIpc) is 3.03. The Morgan fingerprint density at radius 2 is 0.958 bits per heavy atom. The zero-order valence-corrected chi connectivity index (χ0v) is 29.7. The number of phenolic OH excluding ortho intramolecular Hbond substituents is 2. The highest BCUT2D eigenvalue weighted by Gasteiger charge is 2.35. The lowest BCUT2D eigenvalue weighted by Gasteiger charge is -2.26. The zero-order chi connectivity index (χ0) is 34.6. The molecule has 0 fully saturated rings. The van der Waals surface area contributed by atoms with E-state index in [1.54, 1.807) is 26.0 Å². The van der Waals surface area contributed by atoms with E-state index in [2.05, 4.69) is 0 Å². The van der Waals surface area contributed by atoms with E-state index >= 15 is 0 Å². The molecule has 0 aromatic heterocycles. The van der Waals surface area contributed by atoms with Crippen LogP contribution in [0.25, 0.3) is 0 Å². The maximum absolute atomic E-state index is 13.9. The molecule has 0 saturated carbocycles. The summed E-state index contributed by atoms with van der Waals surface area (Å²) in [6, 6.07) is 21.3. The Hall–Kier alpha value is -3.81.